The molecule has 1 aliphatic carbocycles. The topological polar surface area (TPSA) is 79.8 Å². The fourth-order valence-electron chi connectivity index (χ4n) is 3.83. The Morgan fingerprint density at radius 1 is 0.906 bits per heavy atom. The van der Waals surface area contributed by atoms with Gasteiger partial charge >= 0.3 is 6.09 Å². The maximum Gasteiger partial charge on any atom is 0.427 e. The van der Waals surface area contributed by atoms with Crippen LogP contribution in [0.4, 0.5) is 4.79 Å². The van der Waals surface area contributed by atoms with Crippen LogP contribution in [0.3, 0.4) is 0 Å². The molecule has 0 bridgehead atoms. The van der Waals surface area contributed by atoms with Gasteiger partial charge in [-0.2, -0.15) is 5.10 Å². The van der Waals surface area contributed by atoms with Crippen LogP contribution in [-0.2, 0) is 16.1 Å². The number of hydrazone groups is 1. The van der Waals surface area contributed by atoms with Crippen molar-refractivity contribution in [3.8, 4) is 11.1 Å². The lowest BCUT2D eigenvalue weighted by Crippen LogP contribution is -2.31. The first-order valence-corrected chi connectivity index (χ1v) is 10.5. The zero-order valence-corrected chi connectivity index (χ0v) is 18.1. The molecule has 4 rings (SSSR count). The third-order valence-electron chi connectivity index (χ3n) is 5.56. The minimum Gasteiger partial charge on any atom is -0.447 e. The molecule has 0 unspecified atom stereocenters. The molecule has 0 aliphatic heterocycles. The highest BCUT2D eigenvalue weighted by Crippen LogP contribution is 2.44. The molecule has 0 radical (unpaired) electrons. The molecule has 2 amide bonds. The van der Waals surface area contributed by atoms with Gasteiger partial charge in [-0.1, -0.05) is 78.4 Å². The van der Waals surface area contributed by atoms with Gasteiger partial charge in [0.1, 0.15) is 12.3 Å². The van der Waals surface area contributed by atoms with Gasteiger partial charge in [0.25, 0.3) is 5.91 Å². The van der Waals surface area contributed by atoms with Crippen molar-refractivity contribution in [3.05, 3.63) is 95.1 Å². The van der Waals surface area contributed by atoms with Gasteiger partial charge in [0.2, 0.25) is 0 Å². The second-order valence-electron chi connectivity index (χ2n) is 7.80. The van der Waals surface area contributed by atoms with Crippen LogP contribution >= 0.6 is 0 Å². The van der Waals surface area contributed by atoms with Crippen LogP contribution in [0.25, 0.3) is 11.1 Å². The average Bonchev–Trinajstić information content (AvgIpc) is 3.14. The summed E-state index contributed by atoms with van der Waals surface area (Å²) in [6.45, 7) is 4.12. The number of aryl methyl sites for hydroxylation is 1. The van der Waals surface area contributed by atoms with Gasteiger partial charge in [0.05, 0.1) is 0 Å². The van der Waals surface area contributed by atoms with Crippen LogP contribution in [0, 0.1) is 6.92 Å². The molecular formula is C26H25N3O3. The summed E-state index contributed by atoms with van der Waals surface area (Å²) < 4.78 is 5.42. The van der Waals surface area contributed by atoms with E-state index < -0.39 is 6.09 Å². The Balaban J connectivity index is 1.31. The predicted octanol–water partition coefficient (Wildman–Crippen LogP) is 4.53. The summed E-state index contributed by atoms with van der Waals surface area (Å²) in [5.41, 5.74) is 9.19. The number of rotatable bonds is 6. The number of benzene rings is 3. The van der Waals surface area contributed by atoms with Crippen LogP contribution < -0.4 is 10.7 Å². The maximum atomic E-state index is 12.2. The Labute approximate surface area is 187 Å². The number of nitrogens with one attached hydrogen (secondary N) is 2. The van der Waals surface area contributed by atoms with Crippen molar-refractivity contribution in [1.29, 1.82) is 0 Å². The first kappa shape index (κ1) is 21.3. The van der Waals surface area contributed by atoms with E-state index in [0.29, 0.717) is 6.54 Å². The van der Waals surface area contributed by atoms with Gasteiger partial charge in [0.15, 0.2) is 0 Å². The lowest BCUT2D eigenvalue weighted by molar-refractivity contribution is -0.115. The summed E-state index contributed by atoms with van der Waals surface area (Å²) >= 11 is 0. The third kappa shape index (κ3) is 4.70. The minimum atomic E-state index is -0.697. The number of nitrogens with zero attached hydrogens (tertiary/aromatic N) is 1. The van der Waals surface area contributed by atoms with E-state index >= 15 is 0 Å². The Kier molecular flexibility index (Phi) is 6.31. The summed E-state index contributed by atoms with van der Waals surface area (Å²) in [5.74, 6) is -0.388. The van der Waals surface area contributed by atoms with Crippen molar-refractivity contribution in [1.82, 2.24) is 10.7 Å². The summed E-state index contributed by atoms with van der Waals surface area (Å²) in [5, 5.41) is 6.64. The second kappa shape index (κ2) is 9.47. The zero-order chi connectivity index (χ0) is 22.5. The van der Waals surface area contributed by atoms with Gasteiger partial charge in [-0.25, -0.2) is 10.2 Å². The molecule has 0 saturated heterocycles. The molecule has 3 aromatic rings. The Bertz CT molecular complexity index is 1120. The normalized spacial score (nSPS) is 12.6. The zero-order valence-electron chi connectivity index (χ0n) is 18.1. The van der Waals surface area contributed by atoms with Crippen LogP contribution in [-0.4, -0.2) is 24.3 Å². The Hall–Kier alpha value is -3.93. The van der Waals surface area contributed by atoms with Crippen LogP contribution in [0.5, 0.6) is 0 Å². The Morgan fingerprint density at radius 3 is 2.12 bits per heavy atom. The molecule has 162 valence electrons. The number of carbonyl (C=O) groups excluding carboxylic acids is 2. The average molecular weight is 428 g/mol. The van der Waals surface area contributed by atoms with Crippen molar-refractivity contribution in [2.45, 2.75) is 26.3 Å². The minimum absolute atomic E-state index is 0.0314. The highest BCUT2D eigenvalue weighted by atomic mass is 16.6. The van der Waals surface area contributed by atoms with Crippen LogP contribution in [0.1, 0.15) is 35.1 Å². The molecule has 0 fully saturated rings. The number of amides is 2. The van der Waals surface area contributed by atoms with Crippen molar-refractivity contribution in [2.75, 3.05) is 6.61 Å². The highest BCUT2D eigenvalue weighted by Gasteiger charge is 2.28. The fraction of sp³-hybridized carbons (Fsp3) is 0.192. The van der Waals surface area contributed by atoms with E-state index in [0.717, 1.165) is 33.4 Å². The first-order valence-electron chi connectivity index (χ1n) is 10.5. The molecule has 2 N–H and O–H groups in total. The third-order valence-corrected chi connectivity index (χ3v) is 5.56. The van der Waals surface area contributed by atoms with E-state index in [1.807, 2.05) is 55.5 Å². The number of fused-ring (bicyclic) bond motifs is 3. The van der Waals surface area contributed by atoms with Crippen molar-refractivity contribution in [2.24, 2.45) is 5.10 Å². The molecule has 32 heavy (non-hydrogen) atoms. The van der Waals surface area contributed by atoms with E-state index in [1.165, 1.54) is 6.92 Å². The molecule has 6 nitrogen and oxygen atoms in total. The van der Waals surface area contributed by atoms with Gasteiger partial charge < -0.3 is 10.1 Å². The van der Waals surface area contributed by atoms with E-state index in [-0.39, 0.29) is 24.1 Å². The van der Waals surface area contributed by atoms with E-state index in [9.17, 15) is 9.59 Å². The number of carbonyl (C=O) groups is 2. The summed E-state index contributed by atoms with van der Waals surface area (Å²) in [6.07, 6.45) is -0.697. The maximum absolute atomic E-state index is 12.2. The first-order chi connectivity index (χ1) is 15.5. The largest absolute Gasteiger partial charge is 0.447 e. The summed E-state index contributed by atoms with van der Waals surface area (Å²) in [4.78, 5) is 24.4. The van der Waals surface area contributed by atoms with Crippen LogP contribution in [0.2, 0.25) is 0 Å². The molecule has 0 heterocycles. The molecule has 3 aromatic carbocycles. The quantitative estimate of drug-likeness (QED) is 0.448. The molecule has 0 saturated carbocycles. The van der Waals surface area contributed by atoms with Crippen molar-refractivity contribution in [3.63, 3.8) is 0 Å². The van der Waals surface area contributed by atoms with Crippen LogP contribution in [0.15, 0.2) is 77.9 Å². The lowest BCUT2D eigenvalue weighted by Gasteiger charge is -2.13. The lowest BCUT2D eigenvalue weighted by atomic mass is 9.98. The Morgan fingerprint density at radius 2 is 1.50 bits per heavy atom. The second-order valence-corrected chi connectivity index (χ2v) is 7.80. The number of ether oxygens (including phenoxy) is 1. The smallest absolute Gasteiger partial charge is 0.427 e. The fourth-order valence-corrected chi connectivity index (χ4v) is 3.83. The van der Waals surface area contributed by atoms with Crippen molar-refractivity contribution >= 4 is 17.7 Å². The molecule has 6 heteroatoms. The molecule has 0 spiro atoms. The SMILES string of the molecule is C/C(=N\NC(=O)OCC1c2ccccc2-c2ccccc21)C(=O)NCc1ccc(C)cc1. The molecule has 1 aliphatic rings. The van der Waals surface area contributed by atoms with E-state index in [4.69, 9.17) is 4.74 Å². The number of hydrogen-bond donors (Lipinski definition) is 2. The predicted molar refractivity (Wildman–Crippen MR) is 124 cm³/mol. The molecular weight excluding hydrogens is 402 g/mol. The summed E-state index contributed by atoms with van der Waals surface area (Å²) in [6, 6.07) is 24.1. The van der Waals surface area contributed by atoms with E-state index in [2.05, 4.69) is 40.1 Å². The summed E-state index contributed by atoms with van der Waals surface area (Å²) in [7, 11) is 0. The van der Waals surface area contributed by atoms with Gasteiger partial charge in [-0.15, -0.1) is 0 Å². The van der Waals surface area contributed by atoms with Gasteiger partial charge in [-0.05, 0) is 41.7 Å². The standard InChI is InChI=1S/C26H25N3O3/c1-17-11-13-19(14-12-17)15-27-25(30)18(2)28-29-26(31)32-16-24-22-9-5-3-7-20(22)21-8-4-6-10-23(21)24/h3-14,24H,15-16H2,1-2H3,(H,27,30)(H,29,31)/b28-18+. The van der Waals surface area contributed by atoms with Gasteiger partial charge in [-0.3, -0.25) is 4.79 Å². The molecule has 0 aromatic heterocycles. The van der Waals surface area contributed by atoms with E-state index in [1.54, 1.807) is 0 Å². The number of hydrogen-bond acceptors (Lipinski definition) is 4. The monoisotopic (exact) mass is 427 g/mol. The molecule has 0 atom stereocenters. The highest BCUT2D eigenvalue weighted by molar-refractivity contribution is 6.37. The van der Waals surface area contributed by atoms with Crippen molar-refractivity contribution < 1.29 is 14.3 Å². The van der Waals surface area contributed by atoms with Gasteiger partial charge in [0, 0.05) is 12.5 Å².